The van der Waals surface area contributed by atoms with E-state index in [1.54, 1.807) is 0 Å². The summed E-state index contributed by atoms with van der Waals surface area (Å²) < 4.78 is 2.15. The van der Waals surface area contributed by atoms with Gasteiger partial charge in [-0.05, 0) is 31.5 Å². The van der Waals surface area contributed by atoms with Crippen LogP contribution >= 0.6 is 12.4 Å². The Morgan fingerprint density at radius 2 is 2.04 bits per heavy atom. The lowest BCUT2D eigenvalue weighted by molar-refractivity contribution is -0.135. The average Bonchev–Trinajstić information content (AvgIpc) is 3.11. The molecule has 2 aliphatic heterocycles. The molecule has 3 heterocycles. The van der Waals surface area contributed by atoms with Crippen molar-refractivity contribution in [3.8, 4) is 5.69 Å². The number of nitrogens with one attached hydrogen (secondary N) is 1. The van der Waals surface area contributed by atoms with Gasteiger partial charge in [-0.1, -0.05) is 18.2 Å². The second-order valence-corrected chi connectivity index (χ2v) is 6.84. The SMILES string of the molecule is Cl.O=C1CNCCN1C1CCCN(Cc2nccn2-c2ccccc2)C1. The third-order valence-corrected chi connectivity index (χ3v) is 5.16. The Hall–Kier alpha value is -1.89. The Morgan fingerprint density at radius 1 is 1.19 bits per heavy atom. The first-order valence-corrected chi connectivity index (χ1v) is 9.11. The van der Waals surface area contributed by atoms with Gasteiger partial charge in [0.05, 0.1) is 13.1 Å². The largest absolute Gasteiger partial charge is 0.336 e. The van der Waals surface area contributed by atoms with Crippen LogP contribution in [-0.2, 0) is 11.3 Å². The minimum atomic E-state index is 0. The first kappa shape index (κ1) is 18.9. The highest BCUT2D eigenvalue weighted by Crippen LogP contribution is 2.19. The summed E-state index contributed by atoms with van der Waals surface area (Å²) in [5, 5.41) is 3.16. The van der Waals surface area contributed by atoms with Crippen LogP contribution in [0.1, 0.15) is 18.7 Å². The van der Waals surface area contributed by atoms with Gasteiger partial charge in [0.15, 0.2) is 0 Å². The molecule has 1 aromatic carbocycles. The van der Waals surface area contributed by atoms with Crippen molar-refractivity contribution in [2.24, 2.45) is 0 Å². The molecule has 1 N–H and O–H groups in total. The molecule has 0 saturated carbocycles. The molecule has 26 heavy (non-hydrogen) atoms. The maximum absolute atomic E-state index is 12.2. The highest BCUT2D eigenvalue weighted by Gasteiger charge is 2.30. The number of piperidine rings is 1. The van der Waals surface area contributed by atoms with Crippen LogP contribution in [0.3, 0.4) is 0 Å². The van der Waals surface area contributed by atoms with E-state index < -0.39 is 0 Å². The molecule has 2 aromatic rings. The number of benzene rings is 1. The van der Waals surface area contributed by atoms with Gasteiger partial charge in [-0.15, -0.1) is 12.4 Å². The third kappa shape index (κ3) is 4.09. The van der Waals surface area contributed by atoms with E-state index in [-0.39, 0.29) is 18.3 Å². The van der Waals surface area contributed by atoms with Crippen molar-refractivity contribution in [1.82, 2.24) is 24.7 Å². The number of amides is 1. The number of rotatable bonds is 4. The smallest absolute Gasteiger partial charge is 0.236 e. The number of para-hydroxylation sites is 1. The molecule has 7 heteroatoms. The van der Waals surface area contributed by atoms with Crippen molar-refractivity contribution in [2.75, 3.05) is 32.7 Å². The molecule has 1 aromatic heterocycles. The fraction of sp³-hybridized carbons (Fsp3) is 0.474. The van der Waals surface area contributed by atoms with Crippen molar-refractivity contribution in [3.05, 3.63) is 48.5 Å². The second kappa shape index (κ2) is 8.66. The van der Waals surface area contributed by atoms with Crippen LogP contribution in [0.4, 0.5) is 0 Å². The number of hydrogen-bond donors (Lipinski definition) is 1. The van der Waals surface area contributed by atoms with E-state index in [9.17, 15) is 4.79 Å². The molecule has 2 saturated heterocycles. The Kier molecular flexibility index (Phi) is 6.29. The predicted molar refractivity (Wildman–Crippen MR) is 104 cm³/mol. The summed E-state index contributed by atoms with van der Waals surface area (Å²) in [5.74, 6) is 1.29. The zero-order chi connectivity index (χ0) is 17.1. The summed E-state index contributed by atoms with van der Waals surface area (Å²) in [4.78, 5) is 21.3. The monoisotopic (exact) mass is 375 g/mol. The first-order valence-electron chi connectivity index (χ1n) is 9.11. The van der Waals surface area contributed by atoms with Gasteiger partial charge in [0.25, 0.3) is 0 Å². The predicted octanol–water partition coefficient (Wildman–Crippen LogP) is 1.69. The van der Waals surface area contributed by atoms with Gasteiger partial charge < -0.3 is 14.8 Å². The number of carbonyl (C=O) groups excluding carboxylic acids is 1. The molecule has 2 aliphatic rings. The van der Waals surface area contributed by atoms with Gasteiger partial charge in [0, 0.05) is 43.8 Å². The van der Waals surface area contributed by atoms with Gasteiger partial charge in [-0.2, -0.15) is 0 Å². The summed E-state index contributed by atoms with van der Waals surface area (Å²) in [6, 6.07) is 10.7. The molecule has 140 valence electrons. The molecule has 0 spiro atoms. The Bertz CT molecular complexity index is 720. The molecule has 2 fully saturated rings. The quantitative estimate of drug-likeness (QED) is 0.883. The molecule has 6 nitrogen and oxygen atoms in total. The highest BCUT2D eigenvalue weighted by atomic mass is 35.5. The van der Waals surface area contributed by atoms with Gasteiger partial charge in [-0.3, -0.25) is 9.69 Å². The van der Waals surface area contributed by atoms with Crippen LogP contribution in [0.5, 0.6) is 0 Å². The molecule has 4 rings (SSSR count). The zero-order valence-corrected chi connectivity index (χ0v) is 15.7. The van der Waals surface area contributed by atoms with Crippen LogP contribution in [-0.4, -0.2) is 64.0 Å². The Labute approximate surface area is 160 Å². The second-order valence-electron chi connectivity index (χ2n) is 6.84. The van der Waals surface area contributed by atoms with Crippen molar-refractivity contribution >= 4 is 18.3 Å². The fourth-order valence-corrected chi connectivity index (χ4v) is 3.91. The average molecular weight is 376 g/mol. The first-order chi connectivity index (χ1) is 12.3. The van der Waals surface area contributed by atoms with Crippen molar-refractivity contribution in [3.63, 3.8) is 0 Å². The number of imidazole rings is 1. The topological polar surface area (TPSA) is 53.4 Å². The van der Waals surface area contributed by atoms with Gasteiger partial charge in [-0.25, -0.2) is 4.98 Å². The molecule has 1 amide bonds. The fourth-order valence-electron chi connectivity index (χ4n) is 3.91. The maximum Gasteiger partial charge on any atom is 0.236 e. The van der Waals surface area contributed by atoms with E-state index in [0.717, 1.165) is 57.1 Å². The van der Waals surface area contributed by atoms with Gasteiger partial charge in [0.2, 0.25) is 5.91 Å². The van der Waals surface area contributed by atoms with Crippen molar-refractivity contribution in [1.29, 1.82) is 0 Å². The minimum Gasteiger partial charge on any atom is -0.336 e. The van der Waals surface area contributed by atoms with E-state index in [2.05, 4.69) is 36.8 Å². The summed E-state index contributed by atoms with van der Waals surface area (Å²) >= 11 is 0. The van der Waals surface area contributed by atoms with E-state index in [4.69, 9.17) is 0 Å². The number of nitrogens with zero attached hydrogens (tertiary/aromatic N) is 4. The minimum absolute atomic E-state index is 0. The van der Waals surface area contributed by atoms with E-state index in [1.807, 2.05) is 30.6 Å². The highest BCUT2D eigenvalue weighted by molar-refractivity contribution is 5.85. The van der Waals surface area contributed by atoms with Crippen molar-refractivity contribution < 1.29 is 4.79 Å². The number of piperazine rings is 1. The van der Waals surface area contributed by atoms with E-state index in [0.29, 0.717) is 12.6 Å². The normalized spacial score (nSPS) is 21.5. The van der Waals surface area contributed by atoms with E-state index in [1.165, 1.54) is 0 Å². The maximum atomic E-state index is 12.2. The number of hydrogen-bond acceptors (Lipinski definition) is 4. The third-order valence-electron chi connectivity index (χ3n) is 5.16. The van der Waals surface area contributed by atoms with Crippen LogP contribution in [0, 0.1) is 0 Å². The van der Waals surface area contributed by atoms with Gasteiger partial charge in [0.1, 0.15) is 5.82 Å². The molecule has 0 aliphatic carbocycles. The molecular formula is C19H26ClN5O. The zero-order valence-electron chi connectivity index (χ0n) is 14.9. The lowest BCUT2D eigenvalue weighted by Crippen LogP contribution is -2.56. The van der Waals surface area contributed by atoms with Crippen LogP contribution in [0.25, 0.3) is 5.69 Å². The summed E-state index contributed by atoms with van der Waals surface area (Å²) in [6.45, 7) is 5.04. The van der Waals surface area contributed by atoms with E-state index >= 15 is 0 Å². The van der Waals surface area contributed by atoms with Crippen LogP contribution in [0.2, 0.25) is 0 Å². The Morgan fingerprint density at radius 3 is 2.85 bits per heavy atom. The number of aromatic nitrogens is 2. The molecular weight excluding hydrogens is 350 g/mol. The lowest BCUT2D eigenvalue weighted by atomic mass is 10.0. The molecule has 0 radical (unpaired) electrons. The van der Waals surface area contributed by atoms with Crippen LogP contribution in [0.15, 0.2) is 42.7 Å². The summed E-state index contributed by atoms with van der Waals surface area (Å²) in [7, 11) is 0. The lowest BCUT2D eigenvalue weighted by Gasteiger charge is -2.41. The standard InChI is InChI=1S/C19H25N5O.ClH/c25-19-13-20-8-11-24(19)17-7-4-10-22(14-17)15-18-21-9-12-23(18)16-5-2-1-3-6-16;/h1-3,5-6,9,12,17,20H,4,7-8,10-11,13-15H2;1H. The molecule has 1 unspecified atom stereocenters. The summed E-state index contributed by atoms with van der Waals surface area (Å²) in [6.07, 6.45) is 6.12. The number of carbonyl (C=O) groups is 1. The van der Waals surface area contributed by atoms with Crippen LogP contribution < -0.4 is 5.32 Å². The number of likely N-dealkylation sites (tertiary alicyclic amines) is 1. The number of halogens is 1. The van der Waals surface area contributed by atoms with Gasteiger partial charge >= 0.3 is 0 Å². The summed E-state index contributed by atoms with van der Waals surface area (Å²) in [5.41, 5.74) is 1.14. The van der Waals surface area contributed by atoms with Crippen molar-refractivity contribution in [2.45, 2.75) is 25.4 Å². The Balaban J connectivity index is 0.00000196. The molecule has 1 atom stereocenters. The molecule has 0 bridgehead atoms.